The molecule has 3 aliphatic rings. The molecule has 4 heterocycles. The van der Waals surface area contributed by atoms with Gasteiger partial charge in [0.15, 0.2) is 11.4 Å². The van der Waals surface area contributed by atoms with E-state index in [0.29, 0.717) is 96.6 Å². The summed E-state index contributed by atoms with van der Waals surface area (Å²) in [6, 6.07) is 34.4. The molecule has 4 aromatic heterocycles. The van der Waals surface area contributed by atoms with E-state index in [4.69, 9.17) is 19.4 Å². The van der Waals surface area contributed by atoms with Gasteiger partial charge in [-0.25, -0.2) is 0 Å². The summed E-state index contributed by atoms with van der Waals surface area (Å²) in [6.45, 7) is -34.1. The van der Waals surface area contributed by atoms with Gasteiger partial charge in [0.25, 0.3) is 0 Å². The lowest BCUT2D eigenvalue weighted by atomic mass is 9.57. The monoisotopic (exact) mass is 858 g/mol. The van der Waals surface area contributed by atoms with Gasteiger partial charge in [0.05, 0.1) is 16.6 Å². The maximum atomic E-state index is 9.71. The van der Waals surface area contributed by atoms with E-state index in [1.54, 1.807) is 75.9 Å². The molecule has 314 valence electrons. The van der Waals surface area contributed by atoms with Gasteiger partial charge in [-0.1, -0.05) is 182 Å². The van der Waals surface area contributed by atoms with Crippen molar-refractivity contribution in [3.8, 4) is 11.9 Å². The first-order valence-electron chi connectivity index (χ1n) is 32.6. The number of fused-ring (bicyclic) bond motifs is 14. The highest BCUT2D eigenvalue weighted by molar-refractivity contribution is 6.21. The lowest BCUT2D eigenvalue weighted by Gasteiger charge is -2.46. The van der Waals surface area contributed by atoms with Crippen molar-refractivity contribution >= 4 is 71.1 Å². The first kappa shape index (κ1) is 21.1. The second-order valence-corrected chi connectivity index (χ2v) is 16.6. The first-order chi connectivity index (χ1) is 40.8. The van der Waals surface area contributed by atoms with Crippen LogP contribution in [0.5, 0.6) is 0 Å². The number of rotatable bonds is 3. The van der Waals surface area contributed by atoms with Gasteiger partial charge in [0.2, 0.25) is 11.9 Å². The van der Waals surface area contributed by atoms with Gasteiger partial charge in [-0.05, 0) is 75.1 Å². The van der Waals surface area contributed by atoms with Crippen molar-refractivity contribution < 1.29 is 37.3 Å². The third-order valence-electron chi connectivity index (χ3n) is 13.0. The molecule has 0 N–H and O–H groups in total. The number of para-hydroxylation sites is 4. The summed E-state index contributed by atoms with van der Waals surface area (Å²) >= 11 is 0. The van der Waals surface area contributed by atoms with Gasteiger partial charge < -0.3 is 4.42 Å². The van der Waals surface area contributed by atoms with Crippen LogP contribution >= 0.6 is 0 Å². The Kier molecular flexibility index (Phi) is 4.36. The number of nitrogens with zero attached hydrogens (tertiary/aromatic N) is 5. The lowest BCUT2D eigenvalue weighted by molar-refractivity contribution is 0.243. The van der Waals surface area contributed by atoms with E-state index >= 15 is 0 Å². The predicted molar refractivity (Wildman–Crippen MR) is 265 cm³/mol. The minimum Gasteiger partial charge on any atom is -0.454 e. The largest absolute Gasteiger partial charge is 0.454 e. The van der Waals surface area contributed by atoms with E-state index in [2.05, 4.69) is 0 Å². The summed E-state index contributed by atoms with van der Waals surface area (Å²) in [4.78, 5) is 15.3. The van der Waals surface area contributed by atoms with E-state index < -0.39 is 117 Å². The molecule has 0 amide bonds. The maximum absolute atomic E-state index is 9.71. The van der Waals surface area contributed by atoms with Crippen LogP contribution in [0.25, 0.3) is 83.0 Å². The smallest absolute Gasteiger partial charge is 0.240 e. The average molecular weight is 858 g/mol. The molecule has 4 bridgehead atoms. The molecule has 6 nitrogen and oxygen atoms in total. The molecular weight excluding hydrogens is 783 g/mol. The van der Waals surface area contributed by atoms with E-state index in [1.807, 2.05) is 42.5 Å². The van der Waals surface area contributed by atoms with Gasteiger partial charge in [-0.2, -0.15) is 15.0 Å². The van der Waals surface area contributed by atoms with Crippen LogP contribution in [0, 0.1) is 10.8 Å². The fourth-order valence-electron chi connectivity index (χ4n) is 9.58. The Balaban J connectivity index is 1.34. The summed E-state index contributed by atoms with van der Waals surface area (Å²) < 4.78 is 237. The standard InChI is InChI=1S/C58H51N5O/c1-55(2)35-25-27-36(28-26-35)57(5,6)58(7,8)45-34-30-37(56(55,3)4)29-31-44(45)52-59-53(62-46-21-13-9-17-38(46)39-18-10-14-22-47(39)62)61-54(60-52)63-48-23-15-11-19-40(48)42-32-33-43-41-20-12-16-24-49(41)64-51(43)50(42)63/h9-28,30-34H,29H2,1-8H3/i1D3,2D3,3D3,4D3,5D3,6D3,7D3,8D3. The van der Waals surface area contributed by atoms with Gasteiger partial charge in [-0.3, -0.25) is 9.13 Å². The Morgan fingerprint density at radius 1 is 0.484 bits per heavy atom. The Hall–Kier alpha value is -7.05. The fourth-order valence-corrected chi connectivity index (χ4v) is 9.58. The molecule has 64 heavy (non-hydrogen) atoms. The Labute approximate surface area is 407 Å². The first-order valence-corrected chi connectivity index (χ1v) is 20.6. The van der Waals surface area contributed by atoms with Crippen LogP contribution in [-0.2, 0) is 10.8 Å². The molecule has 0 spiro atoms. The van der Waals surface area contributed by atoms with Crippen molar-refractivity contribution in [3.63, 3.8) is 0 Å². The van der Waals surface area contributed by atoms with Crippen molar-refractivity contribution in [1.29, 1.82) is 0 Å². The highest BCUT2D eigenvalue weighted by atomic mass is 16.3. The van der Waals surface area contributed by atoms with Crippen LogP contribution in [0.4, 0.5) is 0 Å². The Bertz CT molecular complexity index is 4500. The Morgan fingerprint density at radius 3 is 1.62 bits per heavy atom. The maximum Gasteiger partial charge on any atom is 0.240 e. The lowest BCUT2D eigenvalue weighted by Crippen LogP contribution is -2.40. The summed E-state index contributed by atoms with van der Waals surface area (Å²) in [5.74, 6) is -1.31. The number of allylic oxidation sites excluding steroid dienone is 6. The highest BCUT2D eigenvalue weighted by Gasteiger charge is 2.46. The minimum absolute atomic E-state index is 0.277. The van der Waals surface area contributed by atoms with Gasteiger partial charge >= 0.3 is 0 Å². The molecule has 10 aromatic rings. The molecule has 0 saturated heterocycles. The number of hydrogen-bond donors (Lipinski definition) is 0. The van der Waals surface area contributed by atoms with Gasteiger partial charge in [-0.15, -0.1) is 0 Å². The number of hydrogen-bond acceptors (Lipinski definition) is 4. The number of benzene rings is 6. The minimum atomic E-state index is -4.36. The molecule has 0 atom stereocenters. The molecular formula is C58H51N5O. The van der Waals surface area contributed by atoms with Gasteiger partial charge in [0, 0.05) is 70.8 Å². The number of aromatic nitrogens is 5. The summed E-state index contributed by atoms with van der Waals surface area (Å²) in [5, 5.41) is 3.94. The van der Waals surface area contributed by atoms with Crippen LogP contribution in [0.15, 0.2) is 167 Å². The van der Waals surface area contributed by atoms with Crippen molar-refractivity contribution in [2.45, 2.75) is 72.1 Å². The normalized spacial score (nSPS) is 24.9. The van der Waals surface area contributed by atoms with Gasteiger partial charge in [0.1, 0.15) is 11.1 Å². The molecule has 3 aliphatic carbocycles. The topological polar surface area (TPSA) is 61.7 Å². The Morgan fingerprint density at radius 2 is 1.00 bits per heavy atom. The molecule has 0 unspecified atom stereocenters. The van der Waals surface area contributed by atoms with E-state index in [-0.39, 0.29) is 11.9 Å². The molecule has 0 fully saturated rings. The molecule has 0 saturated carbocycles. The van der Waals surface area contributed by atoms with Crippen molar-refractivity contribution in [3.05, 3.63) is 180 Å². The zero-order valence-electron chi connectivity index (χ0n) is 57.8. The molecule has 13 rings (SSSR count). The van der Waals surface area contributed by atoms with Crippen molar-refractivity contribution in [2.75, 3.05) is 0 Å². The van der Waals surface area contributed by atoms with Crippen LogP contribution in [0.1, 0.15) is 111 Å². The van der Waals surface area contributed by atoms with Crippen LogP contribution < -0.4 is 0 Å². The summed E-state index contributed by atoms with van der Waals surface area (Å²) in [6.07, 6.45) is 0.815. The SMILES string of the molecule is [2H]C([2H])([2H])C1(C([2H])([2H])[2H])C2=CC=C(C(c3nc(-n4c5ccccc5c5ccccc54)nc(-n4c5ccccc5c5ccc6c7ccccc7oc6c54)n3)=CC2)C(C([2H])([2H])[2H])(C([2H])([2H])[2H])C(C([2H])([2H])[2H])(C([2H])([2H])[2H])c2ccc(cc2)C1(C([2H])([2H])[2H])C([2H])([2H])[2H]. The average Bonchev–Trinajstić information content (AvgIpc) is 1.67. The third-order valence-corrected chi connectivity index (χ3v) is 13.0. The molecule has 6 heteroatoms. The second-order valence-electron chi connectivity index (χ2n) is 16.6. The molecule has 0 aliphatic heterocycles. The second kappa shape index (κ2) is 13.2. The number of furan rings is 1. The highest BCUT2D eigenvalue weighted by Crippen LogP contribution is 2.55. The van der Waals surface area contributed by atoms with E-state index in [9.17, 15) is 32.9 Å². The predicted octanol–water partition coefficient (Wildman–Crippen LogP) is 14.9. The molecule has 0 radical (unpaired) electrons. The van der Waals surface area contributed by atoms with E-state index in [1.165, 1.54) is 0 Å². The third kappa shape index (κ3) is 5.17. The fraction of sp³-hybridized carbons (Fsp3) is 0.224. The van der Waals surface area contributed by atoms with Crippen LogP contribution in [-0.4, -0.2) is 24.1 Å². The zero-order chi connectivity index (χ0) is 63.9. The van der Waals surface area contributed by atoms with Crippen molar-refractivity contribution in [2.24, 2.45) is 10.8 Å². The van der Waals surface area contributed by atoms with E-state index in [0.717, 1.165) is 11.5 Å². The summed E-state index contributed by atoms with van der Waals surface area (Å²) in [7, 11) is 0. The quantitative estimate of drug-likeness (QED) is 0.178. The zero-order valence-corrected chi connectivity index (χ0v) is 33.8. The van der Waals surface area contributed by atoms with Crippen molar-refractivity contribution in [1.82, 2.24) is 24.1 Å². The van der Waals surface area contributed by atoms with Crippen LogP contribution in [0.3, 0.4) is 0 Å². The van der Waals surface area contributed by atoms with Crippen LogP contribution in [0.2, 0.25) is 0 Å². The summed E-state index contributed by atoms with van der Waals surface area (Å²) in [5.41, 5.74) is -19.6. The molecule has 6 aromatic carbocycles.